The third-order valence-electron chi connectivity index (χ3n) is 10.2. The molecule has 0 unspecified atom stereocenters. The molecule has 400 valence electrons. The molecule has 0 fully saturated rings. The van der Waals surface area contributed by atoms with Gasteiger partial charge in [-0.1, -0.05) is 48.0 Å². The quantitative estimate of drug-likeness (QED) is 0.0181. The van der Waals surface area contributed by atoms with Crippen LogP contribution in [0.1, 0.15) is 94.9 Å². The summed E-state index contributed by atoms with van der Waals surface area (Å²) in [7, 11) is 0. The van der Waals surface area contributed by atoms with Crippen LogP contribution in [-0.4, -0.2) is 177 Å². The Kier molecular flexibility index (Phi) is 27.5. The first-order valence-electron chi connectivity index (χ1n) is 22.6. The molecule has 0 aliphatic carbocycles. The van der Waals surface area contributed by atoms with Crippen LogP contribution in [0.3, 0.4) is 0 Å². The standard InChI is InChI=1S/C42H76N12O16/c1-11-20(6)26(36(64)53-27(21(7)56)35(63)47-16-25(57)51-29(31(59)32(43)60)38(66)50-24(17-55)39(67)68)52-33(61)22(13-12-14-46-40(44)45)48-34(62)23(15-18(2)3)49-37(65)28(30(58)19(4)5)54-41(69)70-42(8,9)10/h18-24,26-31,55-56,58-59H,11-17H2,1-10H3,(H2,43,60)(H,47,63)(H,48,62)(H,49,65)(H,50,66)(H,51,57)(H,52,61)(H,53,64)(H,54,69)(H,67,68)(H4,44,45,46)/t20-,21-,22+,23-,24-,26-,27-,28-,29-,30+,31-/m0/s1. The number of guanidine groups is 1. The highest BCUT2D eigenvalue weighted by Crippen LogP contribution is 2.14. The van der Waals surface area contributed by atoms with E-state index in [1.807, 2.05) is 5.32 Å². The van der Waals surface area contributed by atoms with E-state index in [0.717, 1.165) is 6.92 Å². The largest absolute Gasteiger partial charge is 0.480 e. The lowest BCUT2D eigenvalue weighted by Crippen LogP contribution is -2.62. The molecule has 0 aromatic rings. The van der Waals surface area contributed by atoms with Crippen molar-refractivity contribution in [3.63, 3.8) is 0 Å². The average molecular weight is 1010 g/mol. The minimum Gasteiger partial charge on any atom is -0.480 e. The van der Waals surface area contributed by atoms with E-state index in [0.29, 0.717) is 0 Å². The molecule has 0 aromatic carbocycles. The number of alkyl carbamates (subject to hydrolysis) is 1. The van der Waals surface area contributed by atoms with E-state index in [9.17, 15) is 68.4 Å². The van der Waals surface area contributed by atoms with Gasteiger partial charge in [-0.25, -0.2) is 9.59 Å². The highest BCUT2D eigenvalue weighted by Gasteiger charge is 2.39. The van der Waals surface area contributed by atoms with Crippen LogP contribution < -0.4 is 59.7 Å². The van der Waals surface area contributed by atoms with Gasteiger partial charge in [0.1, 0.15) is 47.9 Å². The van der Waals surface area contributed by atoms with Crippen LogP contribution in [0, 0.1) is 17.8 Å². The summed E-state index contributed by atoms with van der Waals surface area (Å²) in [6.45, 7) is 13.8. The Morgan fingerprint density at radius 1 is 0.643 bits per heavy atom. The number of aliphatic hydroxyl groups is 4. The van der Waals surface area contributed by atoms with Crippen molar-refractivity contribution in [2.24, 2.45) is 39.9 Å². The number of nitrogens with two attached hydrogens (primary N) is 3. The molecule has 0 spiro atoms. The van der Waals surface area contributed by atoms with Crippen LogP contribution in [0.2, 0.25) is 0 Å². The Labute approximate surface area is 406 Å². The summed E-state index contributed by atoms with van der Waals surface area (Å²) in [6, 6.07) is -11.7. The molecular weight excluding hydrogens is 929 g/mol. The Bertz CT molecular complexity index is 1840. The fourth-order valence-corrected chi connectivity index (χ4v) is 6.14. The molecule has 0 saturated heterocycles. The maximum atomic E-state index is 14.1. The number of carbonyl (C=O) groups is 10. The first-order valence-corrected chi connectivity index (χ1v) is 22.6. The lowest BCUT2D eigenvalue weighted by molar-refractivity contribution is -0.145. The molecule has 0 bridgehead atoms. The van der Waals surface area contributed by atoms with Gasteiger partial charge in [0.05, 0.1) is 25.4 Å². The smallest absolute Gasteiger partial charge is 0.408 e. The van der Waals surface area contributed by atoms with Crippen LogP contribution in [0.4, 0.5) is 4.79 Å². The van der Waals surface area contributed by atoms with Crippen molar-refractivity contribution >= 4 is 65.3 Å². The Morgan fingerprint density at radius 2 is 1.16 bits per heavy atom. The molecular formula is C42H76N12O16. The monoisotopic (exact) mass is 1000 g/mol. The summed E-state index contributed by atoms with van der Waals surface area (Å²) < 4.78 is 5.28. The summed E-state index contributed by atoms with van der Waals surface area (Å²) in [6.07, 6.45) is -6.24. The zero-order valence-electron chi connectivity index (χ0n) is 41.4. The number of hydrogen-bond acceptors (Lipinski definition) is 16. The van der Waals surface area contributed by atoms with Crippen LogP contribution in [0.25, 0.3) is 0 Å². The normalized spacial score (nSPS) is 16.1. The van der Waals surface area contributed by atoms with E-state index in [2.05, 4.69) is 36.9 Å². The van der Waals surface area contributed by atoms with Crippen molar-refractivity contribution in [1.82, 2.24) is 42.5 Å². The summed E-state index contributed by atoms with van der Waals surface area (Å²) in [5.74, 6) is -12.5. The van der Waals surface area contributed by atoms with Crippen molar-refractivity contribution < 1.29 is 78.2 Å². The lowest BCUT2D eigenvalue weighted by Gasteiger charge is -2.31. The van der Waals surface area contributed by atoms with E-state index in [4.69, 9.17) is 27.0 Å². The number of carbonyl (C=O) groups excluding carboxylic acids is 9. The predicted octanol–water partition coefficient (Wildman–Crippen LogP) is -5.63. The molecule has 0 saturated carbocycles. The molecule has 19 N–H and O–H groups in total. The number of aliphatic imine (C=N–C) groups is 1. The molecule has 0 radical (unpaired) electrons. The van der Waals surface area contributed by atoms with Crippen molar-refractivity contribution in [3.8, 4) is 0 Å². The molecule has 28 heteroatoms. The molecule has 0 aromatic heterocycles. The van der Waals surface area contributed by atoms with E-state index in [-0.39, 0.29) is 44.1 Å². The van der Waals surface area contributed by atoms with E-state index in [1.54, 1.807) is 67.6 Å². The minimum atomic E-state index is -2.41. The number of rotatable bonds is 30. The van der Waals surface area contributed by atoms with Gasteiger partial charge < -0.3 is 90.0 Å². The van der Waals surface area contributed by atoms with Crippen molar-refractivity contribution in [3.05, 3.63) is 0 Å². The van der Waals surface area contributed by atoms with Gasteiger partial charge in [0.25, 0.3) is 0 Å². The SMILES string of the molecule is CC[C@H](C)[C@H](NC(=O)[C@@H](CCCN=C(N)N)NC(=O)[C@H](CC(C)C)NC(=O)[C@@H](NC(=O)OC(C)(C)C)[C@H](O)C(C)C)C(=O)N[C@H](C(=O)NCC(=O)N[C@H](C(=O)N[C@@H](CO)C(=O)O)[C@H](O)C(N)=O)[C@H](C)O. The second kappa shape index (κ2) is 30.3. The Hall–Kier alpha value is -6.39. The van der Waals surface area contributed by atoms with Gasteiger partial charge in [-0.2, -0.15) is 0 Å². The maximum absolute atomic E-state index is 14.1. The summed E-state index contributed by atoms with van der Waals surface area (Å²) in [5.41, 5.74) is 15.0. The van der Waals surface area contributed by atoms with Crippen molar-refractivity contribution in [2.75, 3.05) is 19.7 Å². The van der Waals surface area contributed by atoms with Crippen LogP contribution in [0.15, 0.2) is 4.99 Å². The average Bonchev–Trinajstić information content (AvgIpc) is 3.24. The van der Waals surface area contributed by atoms with Crippen LogP contribution in [0.5, 0.6) is 0 Å². The van der Waals surface area contributed by atoms with Crippen LogP contribution >= 0.6 is 0 Å². The summed E-state index contributed by atoms with van der Waals surface area (Å²) in [5, 5.41) is 68.2. The highest BCUT2D eigenvalue weighted by atomic mass is 16.6. The minimum absolute atomic E-state index is 0.00616. The second-order valence-electron chi connectivity index (χ2n) is 18.4. The van der Waals surface area contributed by atoms with Gasteiger partial charge in [0, 0.05) is 6.54 Å². The van der Waals surface area contributed by atoms with E-state index in [1.165, 1.54) is 0 Å². The second-order valence-corrected chi connectivity index (χ2v) is 18.4. The van der Waals surface area contributed by atoms with E-state index < -0.39 is 151 Å². The Morgan fingerprint density at radius 3 is 1.63 bits per heavy atom. The maximum Gasteiger partial charge on any atom is 0.408 e. The number of hydrogen-bond donors (Lipinski definition) is 16. The van der Waals surface area contributed by atoms with Gasteiger partial charge >= 0.3 is 12.1 Å². The van der Waals surface area contributed by atoms with Crippen LogP contribution in [-0.2, 0) is 47.9 Å². The highest BCUT2D eigenvalue weighted by molar-refractivity contribution is 5.98. The molecule has 0 aliphatic rings. The molecule has 9 amide bonds. The molecule has 0 aliphatic heterocycles. The zero-order chi connectivity index (χ0) is 54.4. The van der Waals surface area contributed by atoms with E-state index >= 15 is 0 Å². The number of nitrogens with one attached hydrogen (secondary N) is 8. The molecule has 0 heterocycles. The number of carboxylic acid groups (broad SMARTS) is 1. The topological polar surface area (TPSA) is 468 Å². The first-order chi connectivity index (χ1) is 32.3. The fourth-order valence-electron chi connectivity index (χ4n) is 6.14. The number of aliphatic carboxylic acids is 1. The van der Waals surface area contributed by atoms with Gasteiger partial charge in [-0.05, 0) is 64.7 Å². The third-order valence-corrected chi connectivity index (χ3v) is 10.2. The van der Waals surface area contributed by atoms with Crippen molar-refractivity contribution in [2.45, 2.75) is 161 Å². The number of aliphatic hydroxyl groups excluding tert-OH is 4. The molecule has 28 nitrogen and oxygen atoms in total. The number of primary amides is 1. The van der Waals surface area contributed by atoms with Gasteiger partial charge in [0.2, 0.25) is 47.3 Å². The fraction of sp³-hybridized carbons (Fsp3) is 0.738. The van der Waals surface area contributed by atoms with Crippen molar-refractivity contribution in [1.29, 1.82) is 0 Å². The number of nitrogens with zero attached hydrogens (tertiary/aromatic N) is 1. The lowest BCUT2D eigenvalue weighted by atomic mass is 9.96. The molecule has 11 atom stereocenters. The molecule has 0 rings (SSSR count). The Balaban J connectivity index is 6.57. The number of carboxylic acids is 1. The summed E-state index contributed by atoms with van der Waals surface area (Å²) >= 11 is 0. The van der Waals surface area contributed by atoms with Gasteiger partial charge in [-0.3, -0.25) is 43.3 Å². The predicted molar refractivity (Wildman–Crippen MR) is 249 cm³/mol. The molecule has 70 heavy (non-hydrogen) atoms. The van der Waals surface area contributed by atoms with Gasteiger partial charge in [0.15, 0.2) is 12.1 Å². The van der Waals surface area contributed by atoms with Gasteiger partial charge in [-0.15, -0.1) is 0 Å². The first kappa shape index (κ1) is 63.6. The summed E-state index contributed by atoms with van der Waals surface area (Å²) in [4.78, 5) is 134. The zero-order valence-corrected chi connectivity index (χ0v) is 41.4. The number of amides is 9. The number of ether oxygens (including phenoxy) is 1. The third kappa shape index (κ3) is 23.3.